The molecule has 1 saturated heterocycles. The van der Waals surface area contributed by atoms with Crippen LogP contribution in [-0.4, -0.2) is 25.7 Å². The molecule has 3 nitrogen and oxygen atoms in total. The molecule has 0 radical (unpaired) electrons. The minimum absolute atomic E-state index is 0.0177. The van der Waals surface area contributed by atoms with Crippen LogP contribution in [0.15, 0.2) is 23.8 Å². The van der Waals surface area contributed by atoms with Gasteiger partial charge in [-0.3, -0.25) is 4.79 Å². The highest BCUT2D eigenvalue weighted by Crippen LogP contribution is 2.13. The maximum Gasteiger partial charge on any atom is 0.244 e. The van der Waals surface area contributed by atoms with E-state index in [9.17, 15) is 4.79 Å². The van der Waals surface area contributed by atoms with Crippen LogP contribution >= 0.6 is 0 Å². The number of rotatable bonds is 7. The molecule has 1 aliphatic heterocycles. The molecular weight excluding hydrogens is 238 g/mol. The van der Waals surface area contributed by atoms with Crippen molar-refractivity contribution < 1.29 is 9.53 Å². The van der Waals surface area contributed by atoms with E-state index in [2.05, 4.69) is 18.3 Å². The van der Waals surface area contributed by atoms with Crippen molar-refractivity contribution in [1.82, 2.24) is 5.32 Å². The van der Waals surface area contributed by atoms with Crippen molar-refractivity contribution in [2.24, 2.45) is 5.92 Å². The molecule has 0 spiro atoms. The average Bonchev–Trinajstić information content (AvgIpc) is 2.42. The zero-order valence-electron chi connectivity index (χ0n) is 12.3. The van der Waals surface area contributed by atoms with Crippen molar-refractivity contribution in [2.45, 2.75) is 46.0 Å². The molecule has 0 unspecified atom stereocenters. The summed E-state index contributed by atoms with van der Waals surface area (Å²) in [6.45, 7) is 6.58. The highest BCUT2D eigenvalue weighted by atomic mass is 16.5. The van der Waals surface area contributed by atoms with Gasteiger partial charge in [-0.2, -0.15) is 0 Å². The first-order valence-corrected chi connectivity index (χ1v) is 7.42. The second-order valence-electron chi connectivity index (χ2n) is 5.23. The van der Waals surface area contributed by atoms with Crippen LogP contribution in [0.2, 0.25) is 0 Å². The first-order valence-electron chi connectivity index (χ1n) is 7.42. The number of nitrogens with one attached hydrogen (secondary N) is 1. The zero-order chi connectivity index (χ0) is 13.9. The highest BCUT2D eigenvalue weighted by molar-refractivity contribution is 5.88. The number of hydrogen-bond donors (Lipinski definition) is 1. The van der Waals surface area contributed by atoms with Crippen molar-refractivity contribution in [2.75, 3.05) is 19.8 Å². The third kappa shape index (κ3) is 7.83. The van der Waals surface area contributed by atoms with Gasteiger partial charge in [0.25, 0.3) is 0 Å². The Labute approximate surface area is 117 Å². The Hall–Kier alpha value is -1.09. The van der Waals surface area contributed by atoms with Gasteiger partial charge in [0, 0.05) is 25.8 Å². The smallest absolute Gasteiger partial charge is 0.244 e. The van der Waals surface area contributed by atoms with Gasteiger partial charge in [0.15, 0.2) is 0 Å². The molecule has 0 atom stereocenters. The molecule has 1 amide bonds. The quantitative estimate of drug-likeness (QED) is 0.436. The van der Waals surface area contributed by atoms with Gasteiger partial charge in [-0.05, 0) is 37.7 Å². The third-order valence-electron chi connectivity index (χ3n) is 3.37. The van der Waals surface area contributed by atoms with Gasteiger partial charge in [0.2, 0.25) is 5.91 Å². The number of unbranched alkanes of at least 4 members (excludes halogenated alkanes) is 2. The fraction of sp³-hybridized carbons (Fsp3) is 0.688. The molecule has 1 aliphatic rings. The molecule has 0 saturated carbocycles. The number of carbonyl (C=O) groups is 1. The standard InChI is InChI=1S/C16H27NO2/c1-3-4-5-6-7-14(2)12-16(18)17-13-15-8-10-19-11-9-15/h6-7,12,15H,3-5,8-11,13H2,1-2H3,(H,17,18). The molecular formula is C16H27NO2. The van der Waals surface area contributed by atoms with Crippen LogP contribution in [0.5, 0.6) is 0 Å². The SMILES string of the molecule is CCCCC=CC(C)=CC(=O)NCC1CCOCC1. The number of ether oxygens (including phenoxy) is 1. The lowest BCUT2D eigenvalue weighted by Gasteiger charge is -2.21. The molecule has 0 aromatic rings. The van der Waals surface area contributed by atoms with Crippen LogP contribution in [0.1, 0.15) is 46.0 Å². The fourth-order valence-electron chi connectivity index (χ4n) is 2.09. The van der Waals surface area contributed by atoms with Crippen molar-refractivity contribution >= 4 is 5.91 Å². The molecule has 0 aromatic heterocycles. The lowest BCUT2D eigenvalue weighted by Crippen LogP contribution is -2.31. The second-order valence-corrected chi connectivity index (χ2v) is 5.23. The third-order valence-corrected chi connectivity index (χ3v) is 3.37. The molecule has 108 valence electrons. The van der Waals surface area contributed by atoms with E-state index in [1.165, 1.54) is 12.8 Å². The first-order chi connectivity index (χ1) is 9.22. The molecule has 19 heavy (non-hydrogen) atoms. The molecule has 1 fully saturated rings. The Balaban J connectivity index is 2.22. The van der Waals surface area contributed by atoms with E-state index in [1.807, 2.05) is 13.0 Å². The number of allylic oxidation sites excluding steroid dienone is 3. The lowest BCUT2D eigenvalue weighted by molar-refractivity contribution is -0.116. The van der Waals surface area contributed by atoms with Crippen LogP contribution in [0, 0.1) is 5.92 Å². The molecule has 0 aliphatic carbocycles. The van der Waals surface area contributed by atoms with E-state index in [0.29, 0.717) is 5.92 Å². The van der Waals surface area contributed by atoms with Gasteiger partial charge in [0.05, 0.1) is 0 Å². The van der Waals surface area contributed by atoms with Gasteiger partial charge in [-0.25, -0.2) is 0 Å². The molecule has 0 aromatic carbocycles. The second kappa shape index (κ2) is 9.79. The summed E-state index contributed by atoms with van der Waals surface area (Å²) in [5.74, 6) is 0.593. The van der Waals surface area contributed by atoms with E-state index in [4.69, 9.17) is 4.74 Å². The van der Waals surface area contributed by atoms with E-state index in [1.54, 1.807) is 6.08 Å². The summed E-state index contributed by atoms with van der Waals surface area (Å²) in [5.41, 5.74) is 1.01. The van der Waals surface area contributed by atoms with E-state index < -0.39 is 0 Å². The van der Waals surface area contributed by atoms with Gasteiger partial charge < -0.3 is 10.1 Å². The fourth-order valence-corrected chi connectivity index (χ4v) is 2.09. The van der Waals surface area contributed by atoms with Crippen molar-refractivity contribution in [3.63, 3.8) is 0 Å². The van der Waals surface area contributed by atoms with Crippen LogP contribution in [0.25, 0.3) is 0 Å². The van der Waals surface area contributed by atoms with Crippen LogP contribution in [-0.2, 0) is 9.53 Å². The van der Waals surface area contributed by atoms with Crippen molar-refractivity contribution in [3.8, 4) is 0 Å². The summed E-state index contributed by atoms with van der Waals surface area (Å²) in [6, 6.07) is 0. The minimum atomic E-state index is 0.0177. The summed E-state index contributed by atoms with van der Waals surface area (Å²) >= 11 is 0. The van der Waals surface area contributed by atoms with Crippen LogP contribution < -0.4 is 5.32 Å². The van der Waals surface area contributed by atoms with E-state index in [0.717, 1.165) is 44.6 Å². The summed E-state index contributed by atoms with van der Waals surface area (Å²) in [6.07, 6.45) is 11.5. The highest BCUT2D eigenvalue weighted by Gasteiger charge is 2.13. The average molecular weight is 265 g/mol. The summed E-state index contributed by atoms with van der Waals surface area (Å²) in [5, 5.41) is 2.98. The van der Waals surface area contributed by atoms with Gasteiger partial charge in [-0.15, -0.1) is 0 Å². The summed E-state index contributed by atoms with van der Waals surface area (Å²) < 4.78 is 5.30. The summed E-state index contributed by atoms with van der Waals surface area (Å²) in [7, 11) is 0. The Kier molecular flexibility index (Phi) is 8.23. The molecule has 1 heterocycles. The largest absolute Gasteiger partial charge is 0.381 e. The molecule has 0 bridgehead atoms. The number of hydrogen-bond acceptors (Lipinski definition) is 2. The van der Waals surface area contributed by atoms with E-state index >= 15 is 0 Å². The summed E-state index contributed by atoms with van der Waals surface area (Å²) in [4.78, 5) is 11.7. The Bertz CT molecular complexity index is 315. The Morgan fingerprint density at radius 1 is 1.37 bits per heavy atom. The topological polar surface area (TPSA) is 38.3 Å². The maximum atomic E-state index is 11.7. The molecule has 1 N–H and O–H groups in total. The number of carbonyl (C=O) groups excluding carboxylic acids is 1. The minimum Gasteiger partial charge on any atom is -0.381 e. The Morgan fingerprint density at radius 2 is 2.11 bits per heavy atom. The first kappa shape index (κ1) is 16.0. The van der Waals surface area contributed by atoms with Crippen molar-refractivity contribution in [1.29, 1.82) is 0 Å². The normalized spacial score (nSPS) is 17.9. The van der Waals surface area contributed by atoms with Gasteiger partial charge in [-0.1, -0.05) is 31.9 Å². The molecule has 3 heteroatoms. The molecule has 1 rings (SSSR count). The maximum absolute atomic E-state index is 11.7. The van der Waals surface area contributed by atoms with Crippen LogP contribution in [0.4, 0.5) is 0 Å². The predicted molar refractivity (Wildman–Crippen MR) is 79.0 cm³/mol. The van der Waals surface area contributed by atoms with Crippen LogP contribution in [0.3, 0.4) is 0 Å². The van der Waals surface area contributed by atoms with Gasteiger partial charge in [0.1, 0.15) is 0 Å². The number of amides is 1. The lowest BCUT2D eigenvalue weighted by atomic mass is 10.0. The van der Waals surface area contributed by atoms with Crippen molar-refractivity contribution in [3.05, 3.63) is 23.8 Å². The zero-order valence-corrected chi connectivity index (χ0v) is 12.3. The Morgan fingerprint density at radius 3 is 2.79 bits per heavy atom. The van der Waals surface area contributed by atoms with E-state index in [-0.39, 0.29) is 5.91 Å². The van der Waals surface area contributed by atoms with Gasteiger partial charge >= 0.3 is 0 Å². The predicted octanol–water partition coefficient (Wildman–Crippen LogP) is 3.22. The monoisotopic (exact) mass is 265 g/mol.